The van der Waals surface area contributed by atoms with Crippen molar-refractivity contribution in [3.8, 4) is 0 Å². The summed E-state index contributed by atoms with van der Waals surface area (Å²) >= 11 is 1.39. The molecule has 11 nitrogen and oxygen atoms in total. The first-order chi connectivity index (χ1) is 22.7. The third kappa shape index (κ3) is 6.88. The zero-order valence-electron chi connectivity index (χ0n) is 26.5. The molecule has 4 N–H and O–H groups in total. The van der Waals surface area contributed by atoms with Crippen LogP contribution in [0.15, 0.2) is 52.8 Å². The van der Waals surface area contributed by atoms with Gasteiger partial charge in [0.1, 0.15) is 18.3 Å². The van der Waals surface area contributed by atoms with Gasteiger partial charge < -0.3 is 25.8 Å². The zero-order valence-corrected chi connectivity index (χ0v) is 27.3. The number of carbonyl (C=O) groups excluding carboxylic acids is 5. The number of carbonyl (C=O) groups is 5. The van der Waals surface area contributed by atoms with Crippen LogP contribution in [0.3, 0.4) is 0 Å². The normalized spacial score (nSPS) is 23.5. The molecule has 4 aliphatic carbocycles. The molecule has 0 spiro atoms. The number of hydrogen-bond donors (Lipinski definition) is 4. The molecular formula is C35H41N5O6S. The summed E-state index contributed by atoms with van der Waals surface area (Å²) in [5.74, 6) is -1.14. The van der Waals surface area contributed by atoms with E-state index in [1.165, 1.54) is 47.4 Å². The lowest BCUT2D eigenvalue weighted by atomic mass is 9.51. The molecule has 2 heterocycles. The van der Waals surface area contributed by atoms with Gasteiger partial charge in [-0.3, -0.25) is 28.8 Å². The fourth-order valence-corrected chi connectivity index (χ4v) is 9.13. The van der Waals surface area contributed by atoms with Crippen LogP contribution in [-0.4, -0.2) is 52.1 Å². The maximum absolute atomic E-state index is 13.6. The van der Waals surface area contributed by atoms with Crippen LogP contribution in [-0.2, 0) is 25.7 Å². The van der Waals surface area contributed by atoms with Gasteiger partial charge in [-0.1, -0.05) is 24.6 Å². The largest absolute Gasteiger partial charge is 0.350 e. The van der Waals surface area contributed by atoms with E-state index < -0.39 is 35.1 Å². The summed E-state index contributed by atoms with van der Waals surface area (Å²) in [5.41, 5.74) is -0.441. The number of rotatable bonds is 12. The number of thiophene rings is 1. The second kappa shape index (κ2) is 13.8. The Labute approximate surface area is 276 Å². The van der Waals surface area contributed by atoms with Crippen LogP contribution >= 0.6 is 11.3 Å². The quantitative estimate of drug-likeness (QED) is 0.217. The summed E-state index contributed by atoms with van der Waals surface area (Å²) in [6.45, 7) is 1.78. The molecule has 4 saturated carbocycles. The smallest absolute Gasteiger partial charge is 0.287 e. The van der Waals surface area contributed by atoms with Crippen LogP contribution in [0.4, 0.5) is 5.69 Å². The first kappa shape index (κ1) is 32.6. The van der Waals surface area contributed by atoms with Gasteiger partial charge in [0.15, 0.2) is 0 Å². The van der Waals surface area contributed by atoms with Crippen molar-refractivity contribution in [2.24, 2.45) is 17.8 Å². The lowest BCUT2D eigenvalue weighted by Crippen LogP contribution is -2.63. The second-order valence-electron chi connectivity index (χ2n) is 13.2. The molecule has 4 amide bonds. The summed E-state index contributed by atoms with van der Waals surface area (Å²) in [6, 6.07) is 9.16. The van der Waals surface area contributed by atoms with E-state index in [-0.39, 0.29) is 43.1 Å². The molecule has 5 atom stereocenters. The number of nitrogens with zero attached hydrogens (tertiary/aromatic N) is 1. The molecule has 0 aliphatic heterocycles. The fraction of sp³-hybridized carbons (Fsp3) is 0.486. The van der Waals surface area contributed by atoms with E-state index >= 15 is 0 Å². The first-order valence-electron chi connectivity index (χ1n) is 16.6. The monoisotopic (exact) mass is 659 g/mol. The van der Waals surface area contributed by atoms with Gasteiger partial charge in [-0.2, -0.15) is 0 Å². The maximum Gasteiger partial charge on any atom is 0.287 e. The van der Waals surface area contributed by atoms with Crippen LogP contribution in [0, 0.1) is 17.8 Å². The number of pyridine rings is 1. The maximum atomic E-state index is 13.6. The summed E-state index contributed by atoms with van der Waals surface area (Å²) in [7, 11) is 0. The van der Waals surface area contributed by atoms with E-state index in [1.807, 2.05) is 24.3 Å². The number of hydrogen-bond acceptors (Lipinski definition) is 7. The molecule has 4 fully saturated rings. The number of ketones is 1. The molecular weight excluding hydrogens is 618 g/mol. The topological polar surface area (TPSA) is 155 Å². The van der Waals surface area contributed by atoms with E-state index in [0.29, 0.717) is 23.3 Å². The molecule has 4 unspecified atom stereocenters. The highest BCUT2D eigenvalue weighted by atomic mass is 32.1. The van der Waals surface area contributed by atoms with Crippen LogP contribution in [0.1, 0.15) is 75.1 Å². The second-order valence-corrected chi connectivity index (χ2v) is 14.1. The molecule has 1 aromatic carbocycles. The van der Waals surface area contributed by atoms with Gasteiger partial charge >= 0.3 is 0 Å². The van der Waals surface area contributed by atoms with Crippen molar-refractivity contribution >= 4 is 56.5 Å². The summed E-state index contributed by atoms with van der Waals surface area (Å²) in [6.07, 6.45) is 8.99. The van der Waals surface area contributed by atoms with Crippen molar-refractivity contribution in [3.63, 3.8) is 0 Å². The molecule has 4 bridgehead atoms. The Morgan fingerprint density at radius 1 is 1.06 bits per heavy atom. The molecule has 248 valence electrons. The van der Waals surface area contributed by atoms with E-state index in [0.717, 1.165) is 35.8 Å². The fourth-order valence-electron chi connectivity index (χ4n) is 8.19. The van der Waals surface area contributed by atoms with Gasteiger partial charge in [0, 0.05) is 40.2 Å². The number of anilines is 1. The molecule has 4 aliphatic rings. The minimum Gasteiger partial charge on any atom is -0.350 e. The average molecular weight is 660 g/mol. The van der Waals surface area contributed by atoms with Crippen LogP contribution in [0.25, 0.3) is 10.1 Å². The predicted molar refractivity (Wildman–Crippen MR) is 179 cm³/mol. The van der Waals surface area contributed by atoms with Crippen LogP contribution in [0.5, 0.6) is 0 Å². The van der Waals surface area contributed by atoms with Crippen LogP contribution < -0.4 is 26.8 Å². The minimum atomic E-state index is -1.23. The van der Waals surface area contributed by atoms with Crippen molar-refractivity contribution in [2.45, 2.75) is 82.8 Å². The molecule has 3 aromatic rings. The summed E-state index contributed by atoms with van der Waals surface area (Å²) in [5, 5.41) is 13.5. The Morgan fingerprint density at radius 3 is 2.70 bits per heavy atom. The Hall–Kier alpha value is -4.32. The van der Waals surface area contributed by atoms with Gasteiger partial charge in [-0.05, 0) is 87.8 Å². The molecule has 7 rings (SSSR count). The number of fused-ring (bicyclic) bond motifs is 2. The minimum absolute atomic E-state index is 0.0619. The van der Waals surface area contributed by atoms with Crippen molar-refractivity contribution in [2.75, 3.05) is 11.9 Å². The lowest BCUT2D eigenvalue weighted by molar-refractivity contribution is -0.138. The van der Waals surface area contributed by atoms with E-state index in [4.69, 9.17) is 0 Å². The lowest BCUT2D eigenvalue weighted by Gasteiger charge is -2.58. The first-order valence-corrected chi connectivity index (χ1v) is 17.4. The van der Waals surface area contributed by atoms with E-state index in [9.17, 15) is 28.8 Å². The van der Waals surface area contributed by atoms with Gasteiger partial charge in [0.2, 0.25) is 17.6 Å². The third-order valence-corrected chi connectivity index (χ3v) is 11.2. The Kier molecular flexibility index (Phi) is 9.58. The highest BCUT2D eigenvalue weighted by molar-refractivity contribution is 7.17. The average Bonchev–Trinajstić information content (AvgIpc) is 3.49. The van der Waals surface area contributed by atoms with Crippen molar-refractivity contribution in [1.29, 1.82) is 0 Å². The highest BCUT2D eigenvalue weighted by Crippen LogP contribution is 2.56. The Balaban J connectivity index is 1.15. The van der Waals surface area contributed by atoms with E-state index in [2.05, 4.69) is 21.3 Å². The van der Waals surface area contributed by atoms with Gasteiger partial charge in [0.05, 0.1) is 5.56 Å². The number of likely N-dealkylation sites (N-methyl/N-ethyl adjacent to an activating group) is 1. The summed E-state index contributed by atoms with van der Waals surface area (Å²) in [4.78, 5) is 78.2. The number of Topliss-reactive ketones (excluding diaryl/α,β-unsaturated/α-hetero) is 1. The predicted octanol–water partition coefficient (Wildman–Crippen LogP) is 3.76. The zero-order chi connectivity index (χ0) is 33.1. The number of nitrogens with one attached hydrogen (secondary N) is 4. The Morgan fingerprint density at radius 2 is 1.89 bits per heavy atom. The molecule has 0 radical (unpaired) electrons. The van der Waals surface area contributed by atoms with Crippen LogP contribution in [0.2, 0.25) is 0 Å². The van der Waals surface area contributed by atoms with Crippen molar-refractivity contribution in [1.82, 2.24) is 20.5 Å². The Bertz CT molecular complexity index is 1770. The highest BCUT2D eigenvalue weighted by Gasteiger charge is 2.54. The van der Waals surface area contributed by atoms with E-state index in [1.54, 1.807) is 18.4 Å². The number of amides is 4. The molecule has 47 heavy (non-hydrogen) atoms. The summed E-state index contributed by atoms with van der Waals surface area (Å²) < 4.78 is 2.17. The van der Waals surface area contributed by atoms with Gasteiger partial charge in [0.25, 0.3) is 17.4 Å². The van der Waals surface area contributed by atoms with Gasteiger partial charge in [-0.15, -0.1) is 11.3 Å². The van der Waals surface area contributed by atoms with Crippen molar-refractivity contribution in [3.05, 3.63) is 63.9 Å². The third-order valence-electron chi connectivity index (χ3n) is 10.2. The number of benzene rings is 1. The molecule has 2 aromatic heterocycles. The standard InChI is InChI=1S/C35H41N5O6S/c1-2-36-33(45)28(41)14-13-26(37-31(43)24-20-47-29-10-4-3-8-23(24)29)32(44)38-27-9-6-16-40(34(27)46)19-30(42)39-35-15-5-7-22-17-21(18-35)11-12-25(22)35/h3-4,6,8-10,16,20-22,25-26H,2,5,7,11-15,17-19H2,1H3,(H,36,45)(H,37,43)(H,38,44)(H,39,42)/t21?,22?,25?,26-,35?/m0/s1. The van der Waals surface area contributed by atoms with Crippen molar-refractivity contribution < 1.29 is 24.0 Å². The molecule has 0 saturated heterocycles. The molecule has 12 heteroatoms. The number of aromatic nitrogens is 1. The SMILES string of the molecule is CCNC(=O)C(=O)CC[C@H](NC(=O)c1csc2ccccc12)C(=O)Nc1cccn(CC(=O)NC23CCCC4CC(CCC42)C3)c1=O. The van der Waals surface area contributed by atoms with Gasteiger partial charge in [-0.25, -0.2) is 0 Å².